The molecule has 7 heteroatoms. The Bertz CT molecular complexity index is 624. The first-order valence-electron chi connectivity index (χ1n) is 4.50. The fourth-order valence-corrected chi connectivity index (χ4v) is 3.77. The smallest absolute Gasteiger partial charge is 0.271 e. The molecule has 1 aromatic heterocycles. The van der Waals surface area contributed by atoms with E-state index >= 15 is 0 Å². The largest absolute Gasteiger partial charge is 0.277 e. The van der Waals surface area contributed by atoms with Crippen LogP contribution in [-0.4, -0.2) is 8.42 Å². The van der Waals surface area contributed by atoms with Crippen LogP contribution in [0.2, 0.25) is 10.0 Å². The Morgan fingerprint density at radius 2 is 1.94 bits per heavy atom. The summed E-state index contributed by atoms with van der Waals surface area (Å²) in [5, 5.41) is 2.41. The van der Waals surface area contributed by atoms with Crippen LogP contribution in [0.25, 0.3) is 0 Å². The lowest BCUT2D eigenvalue weighted by Gasteiger charge is -2.08. The van der Waals surface area contributed by atoms with Crippen LogP contribution < -0.4 is 4.72 Å². The third-order valence-corrected chi connectivity index (χ3v) is 5.25. The van der Waals surface area contributed by atoms with Crippen LogP contribution in [0.5, 0.6) is 0 Å². The Morgan fingerprint density at radius 3 is 2.53 bits per heavy atom. The molecule has 1 N–H and O–H groups in total. The van der Waals surface area contributed by atoms with Crippen molar-refractivity contribution in [1.29, 1.82) is 0 Å². The molecule has 0 radical (unpaired) electrons. The Balaban J connectivity index is 2.33. The van der Waals surface area contributed by atoms with E-state index < -0.39 is 10.0 Å². The first-order chi connectivity index (χ1) is 7.99. The van der Waals surface area contributed by atoms with Crippen molar-refractivity contribution >= 4 is 50.2 Å². The van der Waals surface area contributed by atoms with Gasteiger partial charge in [0, 0.05) is 5.02 Å². The van der Waals surface area contributed by atoms with Gasteiger partial charge in [-0.1, -0.05) is 29.3 Å². The van der Waals surface area contributed by atoms with Gasteiger partial charge in [0.1, 0.15) is 4.21 Å². The third-order valence-electron chi connectivity index (χ3n) is 1.94. The highest BCUT2D eigenvalue weighted by atomic mass is 35.5. The van der Waals surface area contributed by atoms with Crippen LogP contribution in [0.15, 0.2) is 39.9 Å². The number of hydrogen-bond acceptors (Lipinski definition) is 3. The second-order valence-corrected chi connectivity index (χ2v) is 6.86. The van der Waals surface area contributed by atoms with Crippen molar-refractivity contribution in [2.75, 3.05) is 4.72 Å². The summed E-state index contributed by atoms with van der Waals surface area (Å²) in [7, 11) is -3.56. The normalized spacial score (nSPS) is 11.4. The van der Waals surface area contributed by atoms with Gasteiger partial charge in [-0.05, 0) is 29.6 Å². The van der Waals surface area contributed by atoms with E-state index in [-0.39, 0.29) is 9.23 Å². The third kappa shape index (κ3) is 2.93. The van der Waals surface area contributed by atoms with Gasteiger partial charge in [-0.3, -0.25) is 4.72 Å². The topological polar surface area (TPSA) is 46.2 Å². The Hall–Kier alpha value is -0.750. The van der Waals surface area contributed by atoms with Crippen molar-refractivity contribution in [3.63, 3.8) is 0 Å². The average Bonchev–Trinajstić information content (AvgIpc) is 2.76. The van der Waals surface area contributed by atoms with Gasteiger partial charge in [0.2, 0.25) is 0 Å². The van der Waals surface area contributed by atoms with Gasteiger partial charge in [0.25, 0.3) is 10.0 Å². The van der Waals surface area contributed by atoms with E-state index in [4.69, 9.17) is 23.2 Å². The second-order valence-electron chi connectivity index (χ2n) is 3.16. The minimum absolute atomic E-state index is 0.239. The van der Waals surface area contributed by atoms with E-state index in [9.17, 15) is 8.42 Å². The Labute approximate surface area is 113 Å². The van der Waals surface area contributed by atoms with Gasteiger partial charge in [-0.2, -0.15) is 0 Å². The monoisotopic (exact) mass is 307 g/mol. The summed E-state index contributed by atoms with van der Waals surface area (Å²) >= 11 is 12.8. The number of rotatable bonds is 3. The number of halogens is 2. The maximum atomic E-state index is 11.9. The van der Waals surface area contributed by atoms with Crippen molar-refractivity contribution in [3.8, 4) is 0 Å². The number of nitrogens with one attached hydrogen (secondary N) is 1. The number of sulfonamides is 1. The molecule has 0 saturated carbocycles. The lowest BCUT2D eigenvalue weighted by molar-refractivity contribution is 0.603. The molecular formula is C10H7Cl2NO2S2. The first-order valence-corrected chi connectivity index (χ1v) is 7.62. The molecule has 0 saturated heterocycles. The standard InChI is InChI=1S/C10H7Cl2NO2S2/c11-7-3-4-9(8(12)6-7)13-17(14,15)10-2-1-5-16-10/h1-6,13H. The summed E-state index contributed by atoms with van der Waals surface area (Å²) in [5.74, 6) is 0. The maximum Gasteiger partial charge on any atom is 0.271 e. The average molecular weight is 308 g/mol. The molecule has 0 fully saturated rings. The van der Waals surface area contributed by atoms with E-state index in [0.717, 1.165) is 11.3 Å². The van der Waals surface area contributed by atoms with Crippen molar-refractivity contribution < 1.29 is 8.42 Å². The van der Waals surface area contributed by atoms with Crippen LogP contribution >= 0.6 is 34.5 Å². The lowest BCUT2D eigenvalue weighted by Crippen LogP contribution is -2.11. The molecule has 0 aliphatic rings. The summed E-state index contributed by atoms with van der Waals surface area (Å²) in [5.41, 5.74) is 0.310. The highest BCUT2D eigenvalue weighted by molar-refractivity contribution is 7.94. The molecule has 17 heavy (non-hydrogen) atoms. The summed E-state index contributed by atoms with van der Waals surface area (Å²) < 4.78 is 26.5. The molecule has 0 spiro atoms. The van der Waals surface area contributed by atoms with Gasteiger partial charge in [0.15, 0.2) is 0 Å². The van der Waals surface area contributed by atoms with E-state index in [2.05, 4.69) is 4.72 Å². The summed E-state index contributed by atoms with van der Waals surface area (Å²) in [6, 6.07) is 7.77. The maximum absolute atomic E-state index is 11.9. The van der Waals surface area contributed by atoms with Crippen LogP contribution in [0.3, 0.4) is 0 Å². The number of benzene rings is 1. The van der Waals surface area contributed by atoms with Gasteiger partial charge in [-0.25, -0.2) is 8.42 Å². The summed E-state index contributed by atoms with van der Waals surface area (Å²) in [6.45, 7) is 0. The zero-order valence-electron chi connectivity index (χ0n) is 8.35. The Morgan fingerprint density at radius 1 is 1.18 bits per heavy atom. The molecular weight excluding hydrogens is 301 g/mol. The van der Waals surface area contributed by atoms with Gasteiger partial charge in [0.05, 0.1) is 10.7 Å². The minimum atomic E-state index is -3.56. The van der Waals surface area contributed by atoms with Crippen molar-refractivity contribution in [1.82, 2.24) is 0 Å². The zero-order valence-corrected chi connectivity index (χ0v) is 11.5. The number of anilines is 1. The lowest BCUT2D eigenvalue weighted by atomic mass is 10.3. The van der Waals surface area contributed by atoms with Crippen molar-refractivity contribution in [2.45, 2.75) is 4.21 Å². The Kier molecular flexibility index (Phi) is 3.63. The van der Waals surface area contributed by atoms with Gasteiger partial charge < -0.3 is 0 Å². The number of hydrogen-bond donors (Lipinski definition) is 1. The van der Waals surface area contributed by atoms with E-state index in [0.29, 0.717) is 10.7 Å². The fourth-order valence-electron chi connectivity index (χ4n) is 1.18. The van der Waals surface area contributed by atoms with Crippen LogP contribution in [0, 0.1) is 0 Å². The van der Waals surface area contributed by atoms with Crippen LogP contribution in [-0.2, 0) is 10.0 Å². The molecule has 0 amide bonds. The molecule has 2 aromatic rings. The van der Waals surface area contributed by atoms with Crippen LogP contribution in [0.1, 0.15) is 0 Å². The van der Waals surface area contributed by atoms with E-state index in [1.54, 1.807) is 17.5 Å². The van der Waals surface area contributed by atoms with E-state index in [1.807, 2.05) is 0 Å². The molecule has 0 aliphatic carbocycles. The van der Waals surface area contributed by atoms with Crippen LogP contribution in [0.4, 0.5) is 5.69 Å². The molecule has 1 heterocycles. The van der Waals surface area contributed by atoms with Crippen molar-refractivity contribution in [2.24, 2.45) is 0 Å². The number of thiophene rings is 1. The molecule has 90 valence electrons. The SMILES string of the molecule is O=S(=O)(Nc1ccc(Cl)cc1Cl)c1cccs1. The highest BCUT2D eigenvalue weighted by Gasteiger charge is 2.16. The summed E-state index contributed by atoms with van der Waals surface area (Å²) in [6.07, 6.45) is 0. The molecule has 2 rings (SSSR count). The molecule has 0 bridgehead atoms. The molecule has 0 atom stereocenters. The highest BCUT2D eigenvalue weighted by Crippen LogP contribution is 2.28. The summed E-state index contributed by atoms with van der Waals surface area (Å²) in [4.78, 5) is 0. The molecule has 0 unspecified atom stereocenters. The predicted molar refractivity (Wildman–Crippen MR) is 71.6 cm³/mol. The van der Waals surface area contributed by atoms with E-state index in [1.165, 1.54) is 18.2 Å². The molecule has 0 aliphatic heterocycles. The van der Waals surface area contributed by atoms with Crippen molar-refractivity contribution in [3.05, 3.63) is 45.8 Å². The van der Waals surface area contributed by atoms with Gasteiger partial charge >= 0.3 is 0 Å². The van der Waals surface area contributed by atoms with Gasteiger partial charge in [-0.15, -0.1) is 11.3 Å². The molecule has 1 aromatic carbocycles. The minimum Gasteiger partial charge on any atom is -0.277 e. The quantitative estimate of drug-likeness (QED) is 0.936. The fraction of sp³-hybridized carbons (Fsp3) is 0. The zero-order chi connectivity index (χ0) is 12.5. The molecule has 3 nitrogen and oxygen atoms in total. The second kappa shape index (κ2) is 4.86. The first kappa shape index (κ1) is 12.7. The predicted octanol–water partition coefficient (Wildman–Crippen LogP) is 3.86.